The van der Waals surface area contributed by atoms with Crippen LogP contribution in [0, 0.1) is 0 Å². The third-order valence-electron chi connectivity index (χ3n) is 4.79. The maximum absolute atomic E-state index is 13.6. The molecule has 1 saturated heterocycles. The first-order valence-corrected chi connectivity index (χ1v) is 11.8. The van der Waals surface area contributed by atoms with Crippen molar-refractivity contribution in [3.05, 3.63) is 70.7 Å². The first-order chi connectivity index (χ1) is 12.8. The van der Waals surface area contributed by atoms with Gasteiger partial charge in [-0.25, -0.2) is 0 Å². The lowest BCUT2D eigenvalue weighted by atomic mass is 10.0. The molecule has 0 bridgehead atoms. The number of hydrogen-bond donors (Lipinski definition) is 0. The van der Waals surface area contributed by atoms with E-state index in [1.54, 1.807) is 24.3 Å². The lowest BCUT2D eigenvalue weighted by Gasteiger charge is -2.33. The molecule has 0 aromatic heterocycles. The Morgan fingerprint density at radius 2 is 1.67 bits per heavy atom. The topological polar surface area (TPSA) is 71.1 Å². The summed E-state index contributed by atoms with van der Waals surface area (Å²) < 4.78 is 49.0. The molecular formula is C18H21ClO6P2. The Morgan fingerprint density at radius 3 is 2.19 bits per heavy atom. The first-order valence-electron chi connectivity index (χ1n) is 8.23. The van der Waals surface area contributed by atoms with E-state index in [1.807, 2.05) is 30.3 Å². The molecule has 0 amide bonds. The molecule has 0 saturated carbocycles. The molecule has 9 heteroatoms. The average Bonchev–Trinajstić information content (AvgIpc) is 3.04. The van der Waals surface area contributed by atoms with Crippen LogP contribution in [0.2, 0.25) is 5.02 Å². The molecule has 1 aliphatic rings. The summed E-state index contributed by atoms with van der Waals surface area (Å²) in [6.07, 6.45) is 0.0999. The SMILES string of the molecule is COP1(=O)OC(c2ccc(Cl)cc2)(P(=O)(OC)OC)CC1c1ccccc1. The molecule has 1 aliphatic heterocycles. The predicted molar refractivity (Wildman–Crippen MR) is 104 cm³/mol. The fourth-order valence-corrected chi connectivity index (χ4v) is 8.09. The Hall–Kier alpha value is -0.970. The minimum Gasteiger partial charge on any atom is -0.311 e. The largest absolute Gasteiger partial charge is 0.366 e. The second-order valence-corrected chi connectivity index (χ2v) is 11.2. The Labute approximate surface area is 163 Å². The van der Waals surface area contributed by atoms with Gasteiger partial charge in [0.2, 0.25) is 5.34 Å². The smallest absolute Gasteiger partial charge is 0.311 e. The summed E-state index contributed by atoms with van der Waals surface area (Å²) in [5, 5.41) is -1.08. The van der Waals surface area contributed by atoms with E-state index in [2.05, 4.69) is 0 Å². The van der Waals surface area contributed by atoms with Gasteiger partial charge in [0.25, 0.3) is 0 Å². The van der Waals surface area contributed by atoms with Gasteiger partial charge in [-0.05, 0) is 23.3 Å². The van der Waals surface area contributed by atoms with Crippen molar-refractivity contribution in [1.29, 1.82) is 0 Å². The molecule has 1 heterocycles. The van der Waals surface area contributed by atoms with Crippen molar-refractivity contribution in [2.45, 2.75) is 17.4 Å². The van der Waals surface area contributed by atoms with E-state index in [-0.39, 0.29) is 6.42 Å². The Morgan fingerprint density at radius 1 is 1.07 bits per heavy atom. The molecular weight excluding hydrogens is 410 g/mol. The highest BCUT2D eigenvalue weighted by molar-refractivity contribution is 7.59. The second kappa shape index (κ2) is 7.81. The predicted octanol–water partition coefficient (Wildman–Crippen LogP) is 5.98. The third-order valence-corrected chi connectivity index (χ3v) is 9.88. The van der Waals surface area contributed by atoms with Crippen LogP contribution in [0.15, 0.2) is 54.6 Å². The van der Waals surface area contributed by atoms with Crippen molar-refractivity contribution >= 4 is 26.8 Å². The van der Waals surface area contributed by atoms with Crippen LogP contribution in [0.3, 0.4) is 0 Å². The molecule has 2 aromatic carbocycles. The van der Waals surface area contributed by atoms with E-state index in [9.17, 15) is 9.13 Å². The summed E-state index contributed by atoms with van der Waals surface area (Å²) >= 11 is 6.00. The highest BCUT2D eigenvalue weighted by Crippen LogP contribution is 2.82. The Bertz CT molecular complexity index is 880. The van der Waals surface area contributed by atoms with Crippen molar-refractivity contribution in [1.82, 2.24) is 0 Å². The van der Waals surface area contributed by atoms with Gasteiger partial charge in [-0.2, -0.15) is 0 Å². The van der Waals surface area contributed by atoms with E-state index in [0.29, 0.717) is 10.6 Å². The van der Waals surface area contributed by atoms with Crippen molar-refractivity contribution in [2.75, 3.05) is 21.3 Å². The molecule has 27 heavy (non-hydrogen) atoms. The summed E-state index contributed by atoms with van der Waals surface area (Å²) in [7, 11) is -3.66. The van der Waals surface area contributed by atoms with Gasteiger partial charge in [0.15, 0.2) is 0 Å². The number of hydrogen-bond acceptors (Lipinski definition) is 6. The fraction of sp³-hybridized carbons (Fsp3) is 0.333. The molecule has 0 N–H and O–H groups in total. The van der Waals surface area contributed by atoms with Crippen LogP contribution in [0.4, 0.5) is 0 Å². The van der Waals surface area contributed by atoms with Gasteiger partial charge in [-0.15, -0.1) is 0 Å². The van der Waals surface area contributed by atoms with Gasteiger partial charge in [0.05, 0.1) is 5.66 Å². The maximum atomic E-state index is 13.6. The standard InChI is InChI=1S/C18H21ClO6P2/c1-22-26(20)17(14-7-5-4-6-8-14)13-18(25-26,27(21,23-2)24-3)15-9-11-16(19)12-10-15/h4-12,17H,13H2,1-3H3. The number of benzene rings is 2. The van der Waals surface area contributed by atoms with E-state index < -0.39 is 26.2 Å². The van der Waals surface area contributed by atoms with Crippen molar-refractivity contribution in [2.24, 2.45) is 0 Å². The number of halogens is 1. The molecule has 2 aromatic rings. The molecule has 3 atom stereocenters. The molecule has 3 unspecified atom stereocenters. The van der Waals surface area contributed by atoms with Gasteiger partial charge in [0, 0.05) is 32.8 Å². The van der Waals surface area contributed by atoms with E-state index >= 15 is 0 Å². The summed E-state index contributed by atoms with van der Waals surface area (Å²) in [4.78, 5) is 0. The molecule has 1 fully saturated rings. The van der Waals surface area contributed by atoms with Gasteiger partial charge in [0.1, 0.15) is 0 Å². The van der Waals surface area contributed by atoms with Crippen LogP contribution >= 0.6 is 26.8 Å². The van der Waals surface area contributed by atoms with Gasteiger partial charge in [-0.1, -0.05) is 54.1 Å². The van der Waals surface area contributed by atoms with Crippen molar-refractivity contribution in [3.8, 4) is 0 Å². The van der Waals surface area contributed by atoms with Crippen LogP contribution in [-0.4, -0.2) is 21.3 Å². The van der Waals surface area contributed by atoms with Crippen LogP contribution < -0.4 is 0 Å². The Kier molecular flexibility index (Phi) is 6.00. The van der Waals surface area contributed by atoms with Gasteiger partial charge < -0.3 is 13.6 Å². The molecule has 0 spiro atoms. The second-order valence-electron chi connectivity index (χ2n) is 6.10. The zero-order valence-corrected chi connectivity index (χ0v) is 17.7. The monoisotopic (exact) mass is 430 g/mol. The van der Waals surface area contributed by atoms with Crippen LogP contribution in [0.5, 0.6) is 0 Å². The van der Waals surface area contributed by atoms with E-state index in [0.717, 1.165) is 5.56 Å². The third kappa shape index (κ3) is 3.45. The zero-order chi connectivity index (χ0) is 19.7. The quantitative estimate of drug-likeness (QED) is 0.525. The maximum Gasteiger partial charge on any atom is 0.366 e. The van der Waals surface area contributed by atoms with E-state index in [4.69, 9.17) is 29.7 Å². The highest BCUT2D eigenvalue weighted by Gasteiger charge is 2.65. The van der Waals surface area contributed by atoms with Gasteiger partial charge >= 0.3 is 15.2 Å². The fourth-order valence-electron chi connectivity index (χ4n) is 3.40. The molecule has 146 valence electrons. The molecule has 0 aliphatic carbocycles. The average molecular weight is 431 g/mol. The zero-order valence-electron chi connectivity index (χ0n) is 15.2. The lowest BCUT2D eigenvalue weighted by Crippen LogP contribution is -2.26. The summed E-state index contributed by atoms with van der Waals surface area (Å²) in [6.45, 7) is 0. The lowest BCUT2D eigenvalue weighted by molar-refractivity contribution is 0.104. The molecule has 6 nitrogen and oxygen atoms in total. The van der Waals surface area contributed by atoms with Gasteiger partial charge in [-0.3, -0.25) is 13.7 Å². The van der Waals surface area contributed by atoms with E-state index in [1.165, 1.54) is 21.3 Å². The minimum absolute atomic E-state index is 0.0999. The van der Waals surface area contributed by atoms with Crippen molar-refractivity contribution < 1.29 is 27.2 Å². The molecule has 3 rings (SSSR count). The van der Waals surface area contributed by atoms with Crippen LogP contribution in [0.1, 0.15) is 23.2 Å². The van der Waals surface area contributed by atoms with Crippen LogP contribution in [-0.2, 0) is 32.6 Å². The summed E-state index contributed by atoms with van der Waals surface area (Å²) in [5.41, 5.74) is 0.630. The highest BCUT2D eigenvalue weighted by atomic mass is 35.5. The summed E-state index contributed by atoms with van der Waals surface area (Å²) in [6, 6.07) is 15.8. The summed E-state index contributed by atoms with van der Waals surface area (Å²) in [5.74, 6) is 0. The minimum atomic E-state index is -3.87. The molecule has 0 radical (unpaired) electrons. The van der Waals surface area contributed by atoms with Crippen LogP contribution in [0.25, 0.3) is 0 Å². The Balaban J connectivity index is 2.21. The normalized spacial score (nSPS) is 28.4. The van der Waals surface area contributed by atoms with Crippen molar-refractivity contribution in [3.63, 3.8) is 0 Å². The number of rotatable bonds is 6. The first kappa shape index (κ1) is 20.8.